The topological polar surface area (TPSA) is 35.0 Å². The Morgan fingerprint density at radius 1 is 1.21 bits per heavy atom. The van der Waals surface area contributed by atoms with Gasteiger partial charge >= 0.3 is 0 Å². The fourth-order valence-corrected chi connectivity index (χ4v) is 4.69. The van der Waals surface area contributed by atoms with Crippen molar-refractivity contribution in [3.63, 3.8) is 0 Å². The summed E-state index contributed by atoms with van der Waals surface area (Å²) in [6, 6.07) is 8.13. The van der Waals surface area contributed by atoms with Gasteiger partial charge in [0.25, 0.3) is 0 Å². The summed E-state index contributed by atoms with van der Waals surface area (Å²) < 4.78 is 7.12. The Morgan fingerprint density at radius 3 is 2.79 bits per heavy atom. The lowest BCUT2D eigenvalue weighted by molar-refractivity contribution is 0.143. The molecule has 3 nitrogen and oxygen atoms in total. The van der Waals surface area contributed by atoms with Crippen molar-refractivity contribution in [2.24, 2.45) is 0 Å². The fraction of sp³-hybridized carbons (Fsp3) is 0.333. The van der Waals surface area contributed by atoms with Gasteiger partial charge in [-0.2, -0.15) is 0 Å². The third-order valence-corrected chi connectivity index (χ3v) is 6.14. The second kappa shape index (κ2) is 6.98. The largest absolute Gasteiger partial charge is 0.474 e. The highest BCUT2D eigenvalue weighted by Crippen LogP contribution is 2.37. The van der Waals surface area contributed by atoms with Gasteiger partial charge in [-0.1, -0.05) is 17.7 Å². The molecular weight excluding hydrogens is 408 g/mol. The number of hydrogen-bond donors (Lipinski definition) is 0. The van der Waals surface area contributed by atoms with Crippen molar-refractivity contribution in [1.29, 1.82) is 0 Å². The highest BCUT2D eigenvalue weighted by molar-refractivity contribution is 9.10. The van der Waals surface area contributed by atoms with E-state index in [4.69, 9.17) is 16.3 Å². The molecule has 24 heavy (non-hydrogen) atoms. The molecule has 0 amide bonds. The maximum Gasteiger partial charge on any atom is 0.224 e. The Labute approximate surface area is 158 Å². The Hall–Kier alpha value is -1.17. The van der Waals surface area contributed by atoms with Crippen LogP contribution < -0.4 is 4.74 Å². The standard InChI is InChI=1S/C18H16BrClN2OS/c19-12-8-14-15(21-10-12)9-17(20)22-18(14)23-13-5-3-11(4-6-13)16-2-1-7-24-16/h1-2,7-11,13H,3-6H2. The molecule has 0 aliphatic heterocycles. The Morgan fingerprint density at radius 2 is 2.04 bits per heavy atom. The van der Waals surface area contributed by atoms with Crippen molar-refractivity contribution in [3.05, 3.63) is 50.3 Å². The molecule has 4 rings (SSSR count). The number of hydrogen-bond acceptors (Lipinski definition) is 4. The van der Waals surface area contributed by atoms with Gasteiger partial charge in [-0.05, 0) is 65.0 Å². The monoisotopic (exact) mass is 422 g/mol. The molecule has 1 saturated carbocycles. The predicted octanol–water partition coefficient (Wildman–Crippen LogP) is 6.21. The van der Waals surface area contributed by atoms with Crippen LogP contribution in [-0.2, 0) is 0 Å². The van der Waals surface area contributed by atoms with Gasteiger partial charge in [-0.25, -0.2) is 4.98 Å². The molecule has 0 saturated heterocycles. The number of aromatic nitrogens is 2. The van der Waals surface area contributed by atoms with Gasteiger partial charge in [0.1, 0.15) is 11.3 Å². The summed E-state index contributed by atoms with van der Waals surface area (Å²) >= 11 is 11.4. The van der Waals surface area contributed by atoms with Gasteiger partial charge in [0, 0.05) is 21.6 Å². The zero-order valence-electron chi connectivity index (χ0n) is 12.9. The molecule has 1 fully saturated rings. The number of nitrogens with zero attached hydrogens (tertiary/aromatic N) is 2. The summed E-state index contributed by atoms with van der Waals surface area (Å²) in [5, 5.41) is 3.47. The first-order valence-corrected chi connectivity index (χ1v) is 10.1. The van der Waals surface area contributed by atoms with Crippen LogP contribution in [0.3, 0.4) is 0 Å². The summed E-state index contributed by atoms with van der Waals surface area (Å²) in [6.45, 7) is 0. The molecule has 6 heteroatoms. The minimum Gasteiger partial charge on any atom is -0.474 e. The number of pyridine rings is 2. The van der Waals surface area contributed by atoms with Gasteiger partial charge in [-0.15, -0.1) is 11.3 Å². The maximum atomic E-state index is 6.22. The van der Waals surface area contributed by atoms with Crippen LogP contribution in [0.4, 0.5) is 0 Å². The average molecular weight is 424 g/mol. The molecule has 1 aliphatic rings. The Balaban J connectivity index is 1.52. The van der Waals surface area contributed by atoms with Crippen LogP contribution in [0.5, 0.6) is 5.88 Å². The van der Waals surface area contributed by atoms with Crippen LogP contribution in [0.2, 0.25) is 5.15 Å². The van der Waals surface area contributed by atoms with Crippen molar-refractivity contribution in [3.8, 4) is 5.88 Å². The van der Waals surface area contributed by atoms with E-state index in [0.29, 0.717) is 17.0 Å². The highest BCUT2D eigenvalue weighted by Gasteiger charge is 2.25. The Bertz CT molecular complexity index is 848. The lowest BCUT2D eigenvalue weighted by Gasteiger charge is -2.28. The summed E-state index contributed by atoms with van der Waals surface area (Å²) in [5.41, 5.74) is 0.806. The van der Waals surface area contributed by atoms with Crippen LogP contribution in [-0.4, -0.2) is 16.1 Å². The number of ether oxygens (including phenoxy) is 1. The average Bonchev–Trinajstić information content (AvgIpc) is 3.11. The van der Waals surface area contributed by atoms with E-state index >= 15 is 0 Å². The third kappa shape index (κ3) is 3.44. The second-order valence-corrected chi connectivity index (χ2v) is 8.36. The highest BCUT2D eigenvalue weighted by atomic mass is 79.9. The molecule has 3 heterocycles. The van der Waals surface area contributed by atoms with E-state index in [-0.39, 0.29) is 6.10 Å². The van der Waals surface area contributed by atoms with Crippen molar-refractivity contribution in [1.82, 2.24) is 9.97 Å². The molecule has 0 radical (unpaired) electrons. The number of thiophene rings is 1. The van der Waals surface area contributed by atoms with Gasteiger partial charge in [0.15, 0.2) is 0 Å². The van der Waals surface area contributed by atoms with Crippen LogP contribution in [0.25, 0.3) is 10.9 Å². The van der Waals surface area contributed by atoms with Crippen molar-refractivity contribution < 1.29 is 4.74 Å². The molecule has 1 aliphatic carbocycles. The lowest BCUT2D eigenvalue weighted by Crippen LogP contribution is -2.23. The van der Waals surface area contributed by atoms with Crippen LogP contribution in [0, 0.1) is 0 Å². The predicted molar refractivity (Wildman–Crippen MR) is 102 cm³/mol. The first-order chi connectivity index (χ1) is 11.7. The third-order valence-electron chi connectivity index (χ3n) is 4.48. The van der Waals surface area contributed by atoms with Crippen LogP contribution in [0.15, 0.2) is 40.3 Å². The van der Waals surface area contributed by atoms with E-state index in [1.54, 1.807) is 12.3 Å². The zero-order chi connectivity index (χ0) is 16.5. The second-order valence-electron chi connectivity index (χ2n) is 6.08. The maximum absolute atomic E-state index is 6.22. The van der Waals surface area contributed by atoms with Crippen LogP contribution >= 0.6 is 38.9 Å². The van der Waals surface area contributed by atoms with E-state index < -0.39 is 0 Å². The molecule has 3 aromatic heterocycles. The summed E-state index contributed by atoms with van der Waals surface area (Å²) in [4.78, 5) is 10.3. The minimum absolute atomic E-state index is 0.189. The molecular formula is C18H16BrClN2OS. The molecule has 0 bridgehead atoms. The minimum atomic E-state index is 0.189. The van der Waals surface area contributed by atoms with Crippen molar-refractivity contribution in [2.45, 2.75) is 37.7 Å². The Kier molecular flexibility index (Phi) is 4.74. The SMILES string of the molecule is Clc1cc2ncc(Br)cc2c(OC2CCC(c3cccs3)CC2)n1. The number of rotatable bonds is 3. The van der Waals surface area contributed by atoms with Gasteiger partial charge in [0.2, 0.25) is 5.88 Å². The summed E-state index contributed by atoms with van der Waals surface area (Å²) in [5.74, 6) is 1.26. The smallest absolute Gasteiger partial charge is 0.224 e. The van der Waals surface area contributed by atoms with Gasteiger partial charge in [-0.3, -0.25) is 4.98 Å². The molecule has 0 unspecified atom stereocenters. The molecule has 124 valence electrons. The molecule has 0 atom stereocenters. The normalized spacial score (nSPS) is 21.1. The first-order valence-electron chi connectivity index (χ1n) is 8.01. The van der Waals surface area contributed by atoms with Crippen LogP contribution in [0.1, 0.15) is 36.5 Å². The summed E-state index contributed by atoms with van der Waals surface area (Å²) in [6.07, 6.45) is 6.35. The number of fused-ring (bicyclic) bond motifs is 1. The van der Waals surface area contributed by atoms with Crippen molar-refractivity contribution in [2.75, 3.05) is 0 Å². The fourth-order valence-electron chi connectivity index (χ4n) is 3.27. The summed E-state index contributed by atoms with van der Waals surface area (Å²) in [7, 11) is 0. The van der Waals surface area contributed by atoms with E-state index in [1.165, 1.54) is 4.88 Å². The van der Waals surface area contributed by atoms with E-state index in [2.05, 4.69) is 43.4 Å². The van der Waals surface area contributed by atoms with Crippen molar-refractivity contribution >= 4 is 49.8 Å². The zero-order valence-corrected chi connectivity index (χ0v) is 16.1. The molecule has 0 aromatic carbocycles. The molecule has 0 spiro atoms. The number of halogens is 2. The lowest BCUT2D eigenvalue weighted by atomic mass is 9.86. The van der Waals surface area contributed by atoms with Gasteiger partial charge in [0.05, 0.1) is 10.9 Å². The molecule has 0 N–H and O–H groups in total. The van der Waals surface area contributed by atoms with E-state index in [9.17, 15) is 0 Å². The molecule has 3 aromatic rings. The van der Waals surface area contributed by atoms with Gasteiger partial charge < -0.3 is 4.74 Å². The quantitative estimate of drug-likeness (QED) is 0.470. The van der Waals surface area contributed by atoms with E-state index in [1.807, 2.05) is 17.4 Å². The first kappa shape index (κ1) is 16.3. The van der Waals surface area contributed by atoms with E-state index in [0.717, 1.165) is 41.1 Å².